The van der Waals surface area contributed by atoms with Crippen molar-refractivity contribution in [1.29, 1.82) is 0 Å². The Bertz CT molecular complexity index is 631. The highest BCUT2D eigenvalue weighted by molar-refractivity contribution is 5.82. The summed E-state index contributed by atoms with van der Waals surface area (Å²) < 4.78 is 10.7. The first-order chi connectivity index (χ1) is 12.5. The maximum absolute atomic E-state index is 12.7. The molecule has 0 aliphatic carbocycles. The Morgan fingerprint density at radius 2 is 2.00 bits per heavy atom. The highest BCUT2D eigenvalue weighted by Gasteiger charge is 2.33. The topological polar surface area (TPSA) is 88.8 Å². The quantitative estimate of drug-likeness (QED) is 0.788. The lowest BCUT2D eigenvalue weighted by atomic mass is 9.95. The average Bonchev–Trinajstić information content (AvgIpc) is 3.32. The van der Waals surface area contributed by atoms with Gasteiger partial charge >= 0.3 is 0 Å². The summed E-state index contributed by atoms with van der Waals surface area (Å²) in [4.78, 5) is 32.9. The molecule has 0 unspecified atom stereocenters. The van der Waals surface area contributed by atoms with Gasteiger partial charge in [0.1, 0.15) is 6.10 Å². The first kappa shape index (κ1) is 18.8. The predicted octanol–water partition coefficient (Wildman–Crippen LogP) is 1.57. The molecule has 1 atom stereocenters. The number of aromatic nitrogens is 2. The first-order valence-corrected chi connectivity index (χ1v) is 9.43. The lowest BCUT2D eigenvalue weighted by molar-refractivity contribution is -0.145. The highest BCUT2D eigenvalue weighted by Crippen LogP contribution is 2.23. The van der Waals surface area contributed by atoms with Crippen LogP contribution in [0.15, 0.2) is 4.52 Å². The Balaban J connectivity index is 1.48. The second-order valence-electron chi connectivity index (χ2n) is 7.50. The molecule has 0 spiro atoms. The fourth-order valence-corrected chi connectivity index (χ4v) is 3.49. The van der Waals surface area contributed by atoms with E-state index in [4.69, 9.17) is 9.26 Å². The van der Waals surface area contributed by atoms with Gasteiger partial charge in [-0.1, -0.05) is 19.0 Å². The van der Waals surface area contributed by atoms with Crippen molar-refractivity contribution in [2.75, 3.05) is 26.7 Å². The van der Waals surface area contributed by atoms with E-state index in [0.29, 0.717) is 50.8 Å². The van der Waals surface area contributed by atoms with Crippen LogP contribution in [0, 0.1) is 5.92 Å². The van der Waals surface area contributed by atoms with Gasteiger partial charge in [-0.25, -0.2) is 0 Å². The Kier molecular flexibility index (Phi) is 5.90. The zero-order chi connectivity index (χ0) is 18.7. The number of likely N-dealkylation sites (tertiary alicyclic amines) is 1. The number of hydrogen-bond donors (Lipinski definition) is 0. The zero-order valence-corrected chi connectivity index (χ0v) is 15.8. The van der Waals surface area contributed by atoms with Crippen LogP contribution in [-0.2, 0) is 20.9 Å². The van der Waals surface area contributed by atoms with Gasteiger partial charge < -0.3 is 19.1 Å². The molecule has 0 aromatic carbocycles. The van der Waals surface area contributed by atoms with Gasteiger partial charge in [0.15, 0.2) is 5.82 Å². The molecule has 2 aliphatic heterocycles. The van der Waals surface area contributed by atoms with Gasteiger partial charge in [-0.05, 0) is 25.7 Å². The number of ether oxygens (including phenoxy) is 1. The first-order valence-electron chi connectivity index (χ1n) is 9.43. The van der Waals surface area contributed by atoms with Gasteiger partial charge in [0.05, 0.1) is 6.54 Å². The van der Waals surface area contributed by atoms with Crippen molar-refractivity contribution in [2.24, 2.45) is 5.92 Å². The van der Waals surface area contributed by atoms with Crippen LogP contribution in [0.25, 0.3) is 0 Å². The molecule has 3 heterocycles. The molecule has 8 nitrogen and oxygen atoms in total. The van der Waals surface area contributed by atoms with E-state index in [1.54, 1.807) is 11.9 Å². The Morgan fingerprint density at radius 1 is 1.27 bits per heavy atom. The number of amides is 2. The van der Waals surface area contributed by atoms with Crippen LogP contribution in [-0.4, -0.2) is 64.6 Å². The Hall–Kier alpha value is -1.96. The summed E-state index contributed by atoms with van der Waals surface area (Å²) >= 11 is 0. The van der Waals surface area contributed by atoms with Gasteiger partial charge in [-0.3, -0.25) is 9.59 Å². The lowest BCUT2D eigenvalue weighted by Crippen LogP contribution is -2.46. The number of nitrogens with zero attached hydrogens (tertiary/aromatic N) is 4. The van der Waals surface area contributed by atoms with Crippen LogP contribution < -0.4 is 0 Å². The average molecular weight is 364 g/mol. The van der Waals surface area contributed by atoms with Crippen LogP contribution in [0.4, 0.5) is 0 Å². The van der Waals surface area contributed by atoms with Crippen molar-refractivity contribution in [3.63, 3.8) is 0 Å². The predicted molar refractivity (Wildman–Crippen MR) is 93.1 cm³/mol. The summed E-state index contributed by atoms with van der Waals surface area (Å²) in [6.45, 7) is 6.20. The van der Waals surface area contributed by atoms with Crippen LogP contribution in [0.2, 0.25) is 0 Å². The van der Waals surface area contributed by atoms with E-state index in [9.17, 15) is 9.59 Å². The molecule has 0 saturated carbocycles. The molecule has 2 aliphatic rings. The molecule has 144 valence electrons. The second kappa shape index (κ2) is 8.16. The van der Waals surface area contributed by atoms with Crippen molar-refractivity contribution in [2.45, 2.75) is 58.1 Å². The third kappa shape index (κ3) is 4.23. The van der Waals surface area contributed by atoms with E-state index in [-0.39, 0.29) is 29.8 Å². The second-order valence-corrected chi connectivity index (χ2v) is 7.50. The van der Waals surface area contributed by atoms with Gasteiger partial charge in [-0.2, -0.15) is 4.98 Å². The van der Waals surface area contributed by atoms with E-state index in [2.05, 4.69) is 10.1 Å². The molecule has 2 amide bonds. The monoisotopic (exact) mass is 364 g/mol. The molecule has 1 aromatic heterocycles. The zero-order valence-electron chi connectivity index (χ0n) is 15.8. The van der Waals surface area contributed by atoms with Crippen LogP contribution in [0.5, 0.6) is 0 Å². The summed E-state index contributed by atoms with van der Waals surface area (Å²) in [6.07, 6.45) is 2.85. The molecule has 8 heteroatoms. The summed E-state index contributed by atoms with van der Waals surface area (Å²) in [6, 6.07) is 0. The van der Waals surface area contributed by atoms with E-state index < -0.39 is 0 Å². The van der Waals surface area contributed by atoms with Crippen molar-refractivity contribution >= 4 is 11.8 Å². The maximum Gasteiger partial charge on any atom is 0.251 e. The van der Waals surface area contributed by atoms with Crippen LogP contribution >= 0.6 is 0 Å². The van der Waals surface area contributed by atoms with E-state index in [1.807, 2.05) is 18.7 Å². The van der Waals surface area contributed by atoms with Gasteiger partial charge in [-0.15, -0.1) is 0 Å². The fourth-order valence-electron chi connectivity index (χ4n) is 3.49. The third-order valence-electron chi connectivity index (χ3n) is 5.09. The molecule has 0 N–H and O–H groups in total. The number of carbonyl (C=O) groups is 2. The summed E-state index contributed by atoms with van der Waals surface area (Å²) in [7, 11) is 1.76. The van der Waals surface area contributed by atoms with Crippen molar-refractivity contribution in [3.8, 4) is 0 Å². The van der Waals surface area contributed by atoms with Crippen molar-refractivity contribution < 1.29 is 18.8 Å². The normalized spacial score (nSPS) is 21.4. The Morgan fingerprint density at radius 3 is 2.58 bits per heavy atom. The summed E-state index contributed by atoms with van der Waals surface area (Å²) in [5, 5.41) is 3.94. The van der Waals surface area contributed by atoms with Crippen molar-refractivity contribution in [3.05, 3.63) is 11.7 Å². The number of hydrogen-bond acceptors (Lipinski definition) is 6. The van der Waals surface area contributed by atoms with E-state index in [1.165, 1.54) is 0 Å². The van der Waals surface area contributed by atoms with Gasteiger partial charge in [0, 0.05) is 38.6 Å². The minimum atomic E-state index is -0.279. The van der Waals surface area contributed by atoms with E-state index in [0.717, 1.165) is 12.8 Å². The molecular formula is C18H28N4O4. The molecule has 0 radical (unpaired) electrons. The lowest BCUT2D eigenvalue weighted by Gasteiger charge is -2.34. The number of carbonyl (C=O) groups excluding carboxylic acids is 2. The highest BCUT2D eigenvalue weighted by atomic mass is 16.5. The van der Waals surface area contributed by atoms with Gasteiger partial charge in [0.25, 0.3) is 5.91 Å². The molecular weight excluding hydrogens is 336 g/mol. The largest absolute Gasteiger partial charge is 0.368 e. The number of rotatable bonds is 5. The summed E-state index contributed by atoms with van der Waals surface area (Å²) in [5.74, 6) is 1.37. The third-order valence-corrected chi connectivity index (χ3v) is 5.09. The minimum Gasteiger partial charge on any atom is -0.368 e. The van der Waals surface area contributed by atoms with E-state index >= 15 is 0 Å². The smallest absolute Gasteiger partial charge is 0.251 e. The fraction of sp³-hybridized carbons (Fsp3) is 0.778. The Labute approximate surface area is 153 Å². The van der Waals surface area contributed by atoms with Crippen LogP contribution in [0.3, 0.4) is 0 Å². The van der Waals surface area contributed by atoms with Crippen molar-refractivity contribution in [1.82, 2.24) is 19.9 Å². The van der Waals surface area contributed by atoms with Gasteiger partial charge in [0.2, 0.25) is 11.8 Å². The number of piperidine rings is 1. The maximum atomic E-state index is 12.7. The SMILES string of the molecule is CC(C)c1nc(CN(C)C(=O)C2CCN(C(=O)[C@@H]3CCCO3)CC2)no1. The summed E-state index contributed by atoms with van der Waals surface area (Å²) in [5.41, 5.74) is 0. The molecule has 3 rings (SSSR count). The molecule has 2 fully saturated rings. The standard InChI is InChI=1S/C18H28N4O4/c1-12(2)16-19-15(20-26-16)11-21(3)17(23)13-6-8-22(9-7-13)18(24)14-5-4-10-25-14/h12-14H,4-11H2,1-3H3/t14-/m0/s1. The minimum absolute atomic E-state index is 0.0648. The van der Waals surface area contributed by atoms with Crippen LogP contribution in [0.1, 0.15) is 57.2 Å². The molecule has 1 aromatic rings. The molecule has 2 saturated heterocycles. The molecule has 26 heavy (non-hydrogen) atoms. The molecule has 0 bridgehead atoms.